The summed E-state index contributed by atoms with van der Waals surface area (Å²) in [6, 6.07) is 18.7. The van der Waals surface area contributed by atoms with Crippen LogP contribution in [0.15, 0.2) is 66.7 Å². The molecule has 1 fully saturated rings. The van der Waals surface area contributed by atoms with Gasteiger partial charge in [0.15, 0.2) is 0 Å². The highest BCUT2D eigenvalue weighted by Gasteiger charge is 2.41. The number of hydrogen-bond acceptors (Lipinski definition) is 5. The molecule has 9 heteroatoms. The molecule has 2 aliphatic rings. The summed E-state index contributed by atoms with van der Waals surface area (Å²) < 4.78 is 13.6. The van der Waals surface area contributed by atoms with Gasteiger partial charge in [-0.15, -0.1) is 0 Å². The first-order valence-electron chi connectivity index (χ1n) is 11.9. The summed E-state index contributed by atoms with van der Waals surface area (Å²) in [4.78, 5) is 29.0. The van der Waals surface area contributed by atoms with Gasteiger partial charge < -0.3 is 10.2 Å². The quantitative estimate of drug-likeness (QED) is 0.390. The Hall–Kier alpha value is -3.49. The molecule has 0 spiro atoms. The van der Waals surface area contributed by atoms with E-state index in [-0.39, 0.29) is 30.0 Å². The minimum absolute atomic E-state index is 0.0208. The van der Waals surface area contributed by atoms with Crippen molar-refractivity contribution >= 4 is 28.9 Å². The molecular formula is C27H26ClFN4O3. The number of nitro benzene ring substituents is 1. The Morgan fingerprint density at radius 1 is 1.08 bits per heavy atom. The molecular weight excluding hydrogens is 483 g/mol. The van der Waals surface area contributed by atoms with Crippen LogP contribution >= 0.6 is 11.6 Å². The molecule has 1 amide bonds. The first-order valence-corrected chi connectivity index (χ1v) is 12.3. The van der Waals surface area contributed by atoms with Crippen LogP contribution in [0.2, 0.25) is 5.02 Å². The van der Waals surface area contributed by atoms with Crippen LogP contribution in [0.25, 0.3) is 0 Å². The van der Waals surface area contributed by atoms with Gasteiger partial charge in [0.05, 0.1) is 16.9 Å². The Morgan fingerprint density at radius 3 is 2.64 bits per heavy atom. The molecule has 36 heavy (non-hydrogen) atoms. The summed E-state index contributed by atoms with van der Waals surface area (Å²) in [7, 11) is 0. The van der Waals surface area contributed by atoms with Gasteiger partial charge in [-0.05, 0) is 53.4 Å². The molecule has 0 unspecified atom stereocenters. The second kappa shape index (κ2) is 10.2. The molecule has 1 N–H and O–H groups in total. The smallest absolute Gasteiger partial charge is 0.269 e. The van der Waals surface area contributed by atoms with Gasteiger partial charge >= 0.3 is 0 Å². The van der Waals surface area contributed by atoms with Gasteiger partial charge in [-0.3, -0.25) is 19.8 Å². The third-order valence-electron chi connectivity index (χ3n) is 7.00. The van der Waals surface area contributed by atoms with Crippen LogP contribution in [0, 0.1) is 21.8 Å². The summed E-state index contributed by atoms with van der Waals surface area (Å²) in [6.45, 7) is 3.14. The molecule has 0 aromatic heterocycles. The Labute approximate surface area is 213 Å². The maximum atomic E-state index is 13.6. The van der Waals surface area contributed by atoms with Crippen LogP contribution in [0.5, 0.6) is 0 Å². The first-order chi connectivity index (χ1) is 17.4. The van der Waals surface area contributed by atoms with E-state index in [1.54, 1.807) is 24.3 Å². The van der Waals surface area contributed by atoms with E-state index in [0.29, 0.717) is 30.1 Å². The van der Waals surface area contributed by atoms with Crippen LogP contribution in [-0.2, 0) is 24.3 Å². The summed E-state index contributed by atoms with van der Waals surface area (Å²) in [6.07, 6.45) is 0.405. The summed E-state index contributed by atoms with van der Waals surface area (Å²) >= 11 is 6.03. The van der Waals surface area contributed by atoms with Gasteiger partial charge in [-0.1, -0.05) is 35.9 Å². The molecule has 3 aromatic rings. The van der Waals surface area contributed by atoms with Gasteiger partial charge in [0.1, 0.15) is 5.82 Å². The molecule has 2 heterocycles. The number of anilines is 1. The van der Waals surface area contributed by atoms with Crippen molar-refractivity contribution in [1.29, 1.82) is 0 Å². The Bertz CT molecular complexity index is 1290. The number of amides is 1. The average molecular weight is 509 g/mol. The van der Waals surface area contributed by atoms with Gasteiger partial charge in [0.25, 0.3) is 5.69 Å². The van der Waals surface area contributed by atoms with Crippen molar-refractivity contribution in [2.75, 3.05) is 24.5 Å². The lowest BCUT2D eigenvalue weighted by atomic mass is 9.83. The average Bonchev–Trinajstić information content (AvgIpc) is 2.87. The number of halogens is 2. The zero-order valence-electron chi connectivity index (χ0n) is 19.6. The summed E-state index contributed by atoms with van der Waals surface area (Å²) in [5, 5.41) is 15.0. The third kappa shape index (κ3) is 5.20. The maximum absolute atomic E-state index is 13.6. The van der Waals surface area contributed by atoms with E-state index in [0.717, 1.165) is 29.9 Å². The SMILES string of the molecule is O=C(NCc1cccc(F)c1)[C@H]1Cc2cc([N+](=O)[O-])ccc2N2CCN(Cc3ccc(Cl)cc3)C[C@@H]12. The van der Waals surface area contributed by atoms with Crippen LogP contribution < -0.4 is 10.2 Å². The van der Waals surface area contributed by atoms with Crippen molar-refractivity contribution in [3.63, 3.8) is 0 Å². The maximum Gasteiger partial charge on any atom is 0.269 e. The van der Waals surface area contributed by atoms with E-state index in [2.05, 4.69) is 15.1 Å². The first kappa shape index (κ1) is 24.2. The Morgan fingerprint density at radius 2 is 1.89 bits per heavy atom. The number of nitro groups is 1. The van der Waals surface area contributed by atoms with Crippen LogP contribution in [-0.4, -0.2) is 41.4 Å². The molecule has 0 radical (unpaired) electrons. The number of fused-ring (bicyclic) bond motifs is 3. The standard InChI is InChI=1S/C27H26ClFN4O3/c28-21-6-4-18(5-7-21)16-31-10-11-32-25-9-8-23(33(35)36)13-20(25)14-24(26(32)17-31)27(34)30-15-19-2-1-3-22(29)12-19/h1-9,12-13,24,26H,10-11,14-17H2,(H,30,34)/t24-,26-/m0/s1. The predicted octanol–water partition coefficient (Wildman–Crippen LogP) is 4.57. The number of nitrogens with one attached hydrogen (secondary N) is 1. The number of nitrogens with zero attached hydrogens (tertiary/aromatic N) is 3. The summed E-state index contributed by atoms with van der Waals surface area (Å²) in [5.41, 5.74) is 3.60. The van der Waals surface area contributed by atoms with E-state index in [1.807, 2.05) is 24.3 Å². The second-order valence-corrected chi connectivity index (χ2v) is 9.79. The largest absolute Gasteiger partial charge is 0.365 e. The molecule has 2 aliphatic heterocycles. The van der Waals surface area contributed by atoms with Crippen molar-refractivity contribution in [3.8, 4) is 0 Å². The number of carbonyl (C=O) groups excluding carboxylic acids is 1. The lowest BCUT2D eigenvalue weighted by molar-refractivity contribution is -0.384. The topological polar surface area (TPSA) is 78.7 Å². The Kier molecular flexibility index (Phi) is 6.89. The number of benzene rings is 3. The number of rotatable bonds is 6. The zero-order chi connectivity index (χ0) is 25.2. The number of hydrogen-bond donors (Lipinski definition) is 1. The summed E-state index contributed by atoms with van der Waals surface area (Å²) in [5.74, 6) is -0.891. The van der Waals surface area contributed by atoms with Crippen LogP contribution in [0.4, 0.5) is 15.8 Å². The van der Waals surface area contributed by atoms with E-state index in [1.165, 1.54) is 18.2 Å². The third-order valence-corrected chi connectivity index (χ3v) is 7.25. The van der Waals surface area contributed by atoms with Crippen molar-refractivity contribution < 1.29 is 14.1 Å². The molecule has 0 bridgehead atoms. The van der Waals surface area contributed by atoms with Crippen molar-refractivity contribution in [1.82, 2.24) is 10.2 Å². The fourth-order valence-electron chi connectivity index (χ4n) is 5.24. The number of non-ortho nitro benzene ring substituents is 1. The van der Waals surface area contributed by atoms with Crippen molar-refractivity contribution in [3.05, 3.63) is 104 Å². The monoisotopic (exact) mass is 508 g/mol. The van der Waals surface area contributed by atoms with E-state index >= 15 is 0 Å². The molecule has 1 saturated heterocycles. The van der Waals surface area contributed by atoms with Crippen LogP contribution in [0.3, 0.4) is 0 Å². The lowest BCUT2D eigenvalue weighted by Crippen LogP contribution is -2.60. The van der Waals surface area contributed by atoms with E-state index in [9.17, 15) is 19.3 Å². The Balaban J connectivity index is 1.39. The molecule has 2 atom stereocenters. The fraction of sp³-hybridized carbons (Fsp3) is 0.296. The molecule has 5 rings (SSSR count). The highest BCUT2D eigenvalue weighted by Crippen LogP contribution is 2.38. The van der Waals surface area contributed by atoms with Gasteiger partial charge in [0, 0.05) is 55.6 Å². The zero-order valence-corrected chi connectivity index (χ0v) is 20.3. The lowest BCUT2D eigenvalue weighted by Gasteiger charge is -2.49. The highest BCUT2D eigenvalue weighted by atomic mass is 35.5. The molecule has 0 aliphatic carbocycles. The molecule has 186 valence electrons. The van der Waals surface area contributed by atoms with Gasteiger partial charge in [-0.25, -0.2) is 4.39 Å². The molecule has 0 saturated carbocycles. The van der Waals surface area contributed by atoms with Gasteiger partial charge in [0.2, 0.25) is 5.91 Å². The number of piperazine rings is 1. The van der Waals surface area contributed by atoms with Gasteiger partial charge in [-0.2, -0.15) is 0 Å². The predicted molar refractivity (Wildman–Crippen MR) is 136 cm³/mol. The van der Waals surface area contributed by atoms with Crippen LogP contribution in [0.1, 0.15) is 16.7 Å². The highest BCUT2D eigenvalue weighted by molar-refractivity contribution is 6.30. The normalized spacial score (nSPS) is 19.3. The van der Waals surface area contributed by atoms with Crippen molar-refractivity contribution in [2.45, 2.75) is 25.6 Å². The molecule has 3 aromatic carbocycles. The van der Waals surface area contributed by atoms with Crippen molar-refractivity contribution in [2.24, 2.45) is 5.92 Å². The molecule has 7 nitrogen and oxygen atoms in total. The minimum atomic E-state index is -0.407. The number of carbonyl (C=O) groups is 1. The fourth-order valence-corrected chi connectivity index (χ4v) is 5.37. The second-order valence-electron chi connectivity index (χ2n) is 9.35. The van der Waals surface area contributed by atoms with E-state index in [4.69, 9.17) is 11.6 Å². The minimum Gasteiger partial charge on any atom is -0.365 e. The van der Waals surface area contributed by atoms with E-state index < -0.39 is 10.8 Å².